The van der Waals surface area contributed by atoms with Gasteiger partial charge in [-0.15, -0.1) is 15.0 Å². The van der Waals surface area contributed by atoms with Crippen molar-refractivity contribution in [3.05, 3.63) is 42.5 Å². The summed E-state index contributed by atoms with van der Waals surface area (Å²) in [5.41, 5.74) is 3.93. The number of aromatic nitrogens is 3. The number of hydrogen-bond donors (Lipinski definition) is 3. The molecule has 3 aromatic rings. The topological polar surface area (TPSA) is 126 Å². The van der Waals surface area contributed by atoms with E-state index in [9.17, 15) is 14.1 Å². The predicted molar refractivity (Wildman–Crippen MR) is 106 cm³/mol. The molecule has 3 rings (SSSR count). The zero-order chi connectivity index (χ0) is 20.1. The number of aromatic hydroxyl groups is 1. The first-order chi connectivity index (χ1) is 13.5. The second-order valence-corrected chi connectivity index (χ2v) is 7.83. The number of benzene rings is 2. The summed E-state index contributed by atoms with van der Waals surface area (Å²) in [5.74, 6) is 5.46. The van der Waals surface area contributed by atoms with Crippen molar-refractivity contribution in [2.45, 2.75) is 17.7 Å². The Labute approximate surface area is 164 Å². The van der Waals surface area contributed by atoms with Gasteiger partial charge in [-0.2, -0.15) is 0 Å². The normalized spacial score (nSPS) is 12.1. The van der Waals surface area contributed by atoms with E-state index >= 15 is 0 Å². The average Bonchev–Trinajstić information content (AvgIpc) is 3.13. The summed E-state index contributed by atoms with van der Waals surface area (Å²) >= 11 is 0. The second-order valence-electron chi connectivity index (χ2n) is 6.26. The van der Waals surface area contributed by atoms with E-state index in [1.165, 1.54) is 15.8 Å². The molecule has 0 radical (unpaired) electrons. The average molecular weight is 402 g/mol. The van der Waals surface area contributed by atoms with E-state index in [0.717, 1.165) is 11.0 Å². The lowest BCUT2D eigenvalue weighted by molar-refractivity contribution is 0.208. The number of unbranched alkanes of at least 4 members (excludes halogenated alkanes) is 1. The van der Waals surface area contributed by atoms with Crippen molar-refractivity contribution in [3.8, 4) is 11.4 Å². The highest BCUT2D eigenvalue weighted by Crippen LogP contribution is 2.25. The van der Waals surface area contributed by atoms with Crippen LogP contribution < -0.4 is 11.3 Å². The van der Waals surface area contributed by atoms with E-state index < -0.39 is 10.8 Å². The van der Waals surface area contributed by atoms with Crippen molar-refractivity contribution in [2.24, 2.45) is 5.84 Å². The first-order valence-corrected chi connectivity index (χ1v) is 10.1. The number of phenols is 1. The van der Waals surface area contributed by atoms with E-state index in [4.69, 9.17) is 5.84 Å². The summed E-state index contributed by atoms with van der Waals surface area (Å²) in [5, 5.41) is 19.0. The first-order valence-electron chi connectivity index (χ1n) is 8.75. The Balaban J connectivity index is 1.62. The van der Waals surface area contributed by atoms with Crippen LogP contribution in [-0.2, 0) is 10.8 Å². The number of nitrogens with zero attached hydrogens (tertiary/aromatic N) is 4. The quantitative estimate of drug-likeness (QED) is 0.238. The van der Waals surface area contributed by atoms with Crippen molar-refractivity contribution >= 4 is 27.9 Å². The van der Waals surface area contributed by atoms with Gasteiger partial charge in [0.1, 0.15) is 22.5 Å². The largest absolute Gasteiger partial charge is 0.506 e. The Morgan fingerprint density at radius 2 is 1.89 bits per heavy atom. The number of carbonyl (C=O) groups excluding carboxylic acids is 1. The zero-order valence-electron chi connectivity index (χ0n) is 15.4. The van der Waals surface area contributed by atoms with E-state index in [1.807, 2.05) is 24.3 Å². The van der Waals surface area contributed by atoms with Crippen LogP contribution in [0.4, 0.5) is 4.79 Å². The SMILES string of the molecule is CN(CCCCS(=O)c1ccc(-n2nc3ccccc3n2)c(O)c1)C(=O)NN. The van der Waals surface area contributed by atoms with Gasteiger partial charge < -0.3 is 10.0 Å². The third kappa shape index (κ3) is 4.46. The fraction of sp³-hybridized carbons (Fsp3) is 0.278. The number of rotatable bonds is 7. The summed E-state index contributed by atoms with van der Waals surface area (Å²) in [6.45, 7) is 0.517. The summed E-state index contributed by atoms with van der Waals surface area (Å²) < 4.78 is 12.5. The van der Waals surface area contributed by atoms with Crippen LogP contribution in [0, 0.1) is 0 Å². The van der Waals surface area contributed by atoms with Crippen LogP contribution in [0.15, 0.2) is 47.4 Å². The molecule has 1 heterocycles. The van der Waals surface area contributed by atoms with Crippen LogP contribution in [0.25, 0.3) is 16.7 Å². The smallest absolute Gasteiger partial charge is 0.331 e. The molecule has 0 bridgehead atoms. The van der Waals surface area contributed by atoms with Gasteiger partial charge in [-0.25, -0.2) is 10.6 Å². The molecule has 0 aliphatic heterocycles. The summed E-state index contributed by atoms with van der Waals surface area (Å²) in [6.07, 6.45) is 1.37. The number of urea groups is 1. The van der Waals surface area contributed by atoms with Gasteiger partial charge in [0.25, 0.3) is 0 Å². The molecule has 0 fully saturated rings. The van der Waals surface area contributed by atoms with Gasteiger partial charge in [-0.3, -0.25) is 9.63 Å². The lowest BCUT2D eigenvalue weighted by Gasteiger charge is -2.15. The Morgan fingerprint density at radius 3 is 2.50 bits per heavy atom. The molecule has 148 valence electrons. The van der Waals surface area contributed by atoms with Gasteiger partial charge in [0.2, 0.25) is 0 Å². The maximum atomic E-state index is 12.5. The minimum Gasteiger partial charge on any atom is -0.506 e. The number of phenolic OH excluding ortho intramolecular Hbond substituents is 1. The molecule has 0 aliphatic rings. The number of fused-ring (bicyclic) bond motifs is 1. The number of nitrogens with two attached hydrogens (primary N) is 1. The standard InChI is InChI=1S/C18H22N6O3S/c1-23(18(26)20-19)10-4-5-11-28(27)13-8-9-16(17(25)12-13)24-21-14-6-2-3-7-15(14)22-24/h2-3,6-9,12,25H,4-5,10-11,19H2,1H3,(H,20,26). The molecule has 1 unspecified atom stereocenters. The van der Waals surface area contributed by atoms with E-state index in [-0.39, 0.29) is 11.8 Å². The molecule has 2 aromatic carbocycles. The summed E-state index contributed by atoms with van der Waals surface area (Å²) in [6, 6.07) is 11.9. The minimum atomic E-state index is -1.25. The third-order valence-electron chi connectivity index (χ3n) is 4.26. The van der Waals surface area contributed by atoms with Crippen molar-refractivity contribution in [1.29, 1.82) is 0 Å². The molecular weight excluding hydrogens is 380 g/mol. The fourth-order valence-corrected chi connectivity index (χ4v) is 3.86. The minimum absolute atomic E-state index is 0.0366. The number of hydrogen-bond acceptors (Lipinski definition) is 6. The van der Waals surface area contributed by atoms with Gasteiger partial charge in [-0.05, 0) is 43.2 Å². The Morgan fingerprint density at radius 1 is 1.21 bits per heavy atom. The van der Waals surface area contributed by atoms with Crippen LogP contribution in [0.5, 0.6) is 5.75 Å². The highest BCUT2D eigenvalue weighted by Gasteiger charge is 2.12. The molecule has 28 heavy (non-hydrogen) atoms. The third-order valence-corrected chi connectivity index (χ3v) is 5.69. The Bertz CT molecular complexity index is 973. The number of amides is 2. The second kappa shape index (κ2) is 8.81. The van der Waals surface area contributed by atoms with E-state index in [2.05, 4.69) is 15.6 Å². The van der Waals surface area contributed by atoms with Crippen LogP contribution in [-0.4, -0.2) is 54.6 Å². The van der Waals surface area contributed by atoms with Crippen LogP contribution in [0.1, 0.15) is 12.8 Å². The van der Waals surface area contributed by atoms with Gasteiger partial charge in [0, 0.05) is 24.2 Å². The Kier molecular flexibility index (Phi) is 6.22. The highest BCUT2D eigenvalue weighted by molar-refractivity contribution is 7.85. The fourth-order valence-electron chi connectivity index (χ4n) is 2.69. The number of carbonyl (C=O) groups is 1. The van der Waals surface area contributed by atoms with Crippen molar-refractivity contribution in [1.82, 2.24) is 25.3 Å². The number of hydrazine groups is 1. The molecule has 0 aliphatic carbocycles. The van der Waals surface area contributed by atoms with E-state index in [1.54, 1.807) is 19.2 Å². The van der Waals surface area contributed by atoms with Crippen LogP contribution in [0.3, 0.4) is 0 Å². The summed E-state index contributed by atoms with van der Waals surface area (Å²) in [4.78, 5) is 14.7. The molecular formula is C18H22N6O3S. The van der Waals surface area contributed by atoms with Gasteiger partial charge in [-0.1, -0.05) is 12.1 Å². The predicted octanol–water partition coefficient (Wildman–Crippen LogP) is 1.53. The molecule has 2 amide bonds. The molecule has 0 saturated heterocycles. The maximum absolute atomic E-state index is 12.5. The zero-order valence-corrected chi connectivity index (χ0v) is 16.2. The first kappa shape index (κ1) is 19.8. The highest BCUT2D eigenvalue weighted by atomic mass is 32.2. The maximum Gasteiger partial charge on any atom is 0.331 e. The molecule has 1 aromatic heterocycles. The van der Waals surface area contributed by atoms with Crippen molar-refractivity contribution < 1.29 is 14.1 Å². The molecule has 10 heteroatoms. The molecule has 9 nitrogen and oxygen atoms in total. The molecule has 4 N–H and O–H groups in total. The molecule has 1 atom stereocenters. The van der Waals surface area contributed by atoms with Crippen molar-refractivity contribution in [3.63, 3.8) is 0 Å². The lowest BCUT2D eigenvalue weighted by atomic mass is 10.3. The van der Waals surface area contributed by atoms with Gasteiger partial charge in [0.15, 0.2) is 0 Å². The summed E-state index contributed by atoms with van der Waals surface area (Å²) in [7, 11) is 0.387. The Hall–Kier alpha value is -2.98. The lowest BCUT2D eigenvalue weighted by Crippen LogP contribution is -2.41. The van der Waals surface area contributed by atoms with Crippen LogP contribution in [0.2, 0.25) is 0 Å². The van der Waals surface area contributed by atoms with Gasteiger partial charge >= 0.3 is 6.03 Å². The van der Waals surface area contributed by atoms with Gasteiger partial charge in [0.05, 0.1) is 10.8 Å². The monoisotopic (exact) mass is 402 g/mol. The molecule has 0 spiro atoms. The molecule has 0 saturated carbocycles. The number of nitrogens with one attached hydrogen (secondary N) is 1. The van der Waals surface area contributed by atoms with E-state index in [0.29, 0.717) is 35.7 Å². The van der Waals surface area contributed by atoms with Crippen LogP contribution >= 0.6 is 0 Å². The van der Waals surface area contributed by atoms with Crippen molar-refractivity contribution in [2.75, 3.05) is 19.3 Å².